The number of likely N-dealkylation sites (tertiary alicyclic amines) is 1. The third kappa shape index (κ3) is 3.81. The van der Waals surface area contributed by atoms with Gasteiger partial charge in [-0.05, 0) is 24.1 Å². The highest BCUT2D eigenvalue weighted by Crippen LogP contribution is 2.28. The molecule has 1 saturated heterocycles. The fourth-order valence-corrected chi connectivity index (χ4v) is 3.22. The average Bonchev–Trinajstić information content (AvgIpc) is 2.96. The number of amides is 1. The number of carbonyl (C=O) groups is 1. The van der Waals surface area contributed by atoms with Gasteiger partial charge in [-0.3, -0.25) is 14.9 Å². The molecule has 0 aromatic heterocycles. The van der Waals surface area contributed by atoms with Crippen LogP contribution in [-0.4, -0.2) is 34.9 Å². The molecule has 25 heavy (non-hydrogen) atoms. The van der Waals surface area contributed by atoms with Crippen molar-refractivity contribution >= 4 is 24.0 Å². The van der Waals surface area contributed by atoms with Crippen LogP contribution >= 0.6 is 12.4 Å². The highest BCUT2D eigenvalue weighted by Gasteiger charge is 2.34. The summed E-state index contributed by atoms with van der Waals surface area (Å²) < 4.78 is 0. The summed E-state index contributed by atoms with van der Waals surface area (Å²) in [6.45, 7) is 2.75. The van der Waals surface area contributed by atoms with E-state index >= 15 is 0 Å². The van der Waals surface area contributed by atoms with Gasteiger partial charge >= 0.3 is 0 Å². The number of hydrogen-bond donors (Lipinski definition) is 1. The monoisotopic (exact) mass is 361 g/mol. The Morgan fingerprint density at radius 3 is 2.48 bits per heavy atom. The van der Waals surface area contributed by atoms with Crippen LogP contribution in [-0.2, 0) is 0 Å². The van der Waals surface area contributed by atoms with E-state index in [0.29, 0.717) is 24.2 Å². The summed E-state index contributed by atoms with van der Waals surface area (Å²) in [7, 11) is 0. The molecular weight excluding hydrogens is 342 g/mol. The van der Waals surface area contributed by atoms with Crippen LogP contribution in [0.2, 0.25) is 0 Å². The van der Waals surface area contributed by atoms with Crippen molar-refractivity contribution in [1.29, 1.82) is 0 Å². The molecule has 0 aliphatic carbocycles. The van der Waals surface area contributed by atoms with Crippen molar-refractivity contribution in [3.05, 3.63) is 75.3 Å². The van der Waals surface area contributed by atoms with E-state index in [-0.39, 0.29) is 36.0 Å². The normalized spacial score (nSPS) is 19.4. The van der Waals surface area contributed by atoms with E-state index in [0.717, 1.165) is 5.56 Å². The van der Waals surface area contributed by atoms with Crippen molar-refractivity contribution in [1.82, 2.24) is 4.90 Å². The van der Waals surface area contributed by atoms with E-state index in [9.17, 15) is 14.9 Å². The Balaban J connectivity index is 0.00000225. The fraction of sp³-hybridized carbons (Fsp3) is 0.278. The highest BCUT2D eigenvalue weighted by atomic mass is 35.5. The topological polar surface area (TPSA) is 89.5 Å². The van der Waals surface area contributed by atoms with Crippen molar-refractivity contribution in [2.45, 2.75) is 18.9 Å². The predicted molar refractivity (Wildman–Crippen MR) is 98.1 cm³/mol. The van der Waals surface area contributed by atoms with Crippen LogP contribution in [0.3, 0.4) is 0 Å². The number of nitro groups is 1. The Bertz CT molecular complexity index is 782. The van der Waals surface area contributed by atoms with Gasteiger partial charge in [0.2, 0.25) is 0 Å². The van der Waals surface area contributed by atoms with E-state index in [1.54, 1.807) is 11.8 Å². The maximum atomic E-state index is 12.8. The van der Waals surface area contributed by atoms with E-state index in [1.807, 2.05) is 30.3 Å². The first kappa shape index (κ1) is 18.9. The van der Waals surface area contributed by atoms with Gasteiger partial charge in [-0.1, -0.05) is 30.3 Å². The van der Waals surface area contributed by atoms with Crippen molar-refractivity contribution in [3.63, 3.8) is 0 Å². The van der Waals surface area contributed by atoms with Crippen molar-refractivity contribution in [2.24, 2.45) is 5.73 Å². The Labute approximate surface area is 152 Å². The molecule has 2 N–H and O–H groups in total. The summed E-state index contributed by atoms with van der Waals surface area (Å²) in [6.07, 6.45) is 0. The summed E-state index contributed by atoms with van der Waals surface area (Å²) in [5.41, 5.74) is 8.44. The molecule has 1 heterocycles. The van der Waals surface area contributed by atoms with Crippen LogP contribution in [0.1, 0.15) is 27.4 Å². The Hall–Kier alpha value is -2.44. The number of nitrogens with two attached hydrogens (primary N) is 1. The summed E-state index contributed by atoms with van der Waals surface area (Å²) in [6, 6.07) is 14.1. The first-order chi connectivity index (χ1) is 11.5. The smallest absolute Gasteiger partial charge is 0.269 e. The molecule has 1 aliphatic heterocycles. The molecule has 0 radical (unpaired) electrons. The minimum Gasteiger partial charge on any atom is -0.336 e. The molecule has 132 valence electrons. The van der Waals surface area contributed by atoms with Gasteiger partial charge in [0.1, 0.15) is 0 Å². The summed E-state index contributed by atoms with van der Waals surface area (Å²) in [5.74, 6) is -0.0233. The number of halogens is 1. The minimum absolute atomic E-state index is 0. The molecule has 1 fully saturated rings. The van der Waals surface area contributed by atoms with Gasteiger partial charge in [0.15, 0.2) is 0 Å². The molecule has 6 nitrogen and oxygen atoms in total. The second-order valence-electron chi connectivity index (χ2n) is 6.15. The van der Waals surface area contributed by atoms with Gasteiger partial charge in [-0.2, -0.15) is 0 Å². The minimum atomic E-state index is -0.460. The first-order valence-corrected chi connectivity index (χ1v) is 7.82. The standard InChI is InChI=1S/C18H19N3O3.ClH/c1-12-9-14(21(23)24)7-8-15(12)18(22)20-10-16(17(19)11-20)13-5-3-2-4-6-13;/h2-9,16-17H,10-11,19H2,1H3;1H/t16-,17+;/m0./s1. The molecule has 0 saturated carbocycles. The molecular formula is C18H20ClN3O3. The lowest BCUT2D eigenvalue weighted by molar-refractivity contribution is -0.384. The first-order valence-electron chi connectivity index (χ1n) is 7.82. The molecule has 3 rings (SSSR count). The van der Waals surface area contributed by atoms with Gasteiger partial charge < -0.3 is 10.6 Å². The van der Waals surface area contributed by atoms with Gasteiger partial charge in [0, 0.05) is 42.7 Å². The van der Waals surface area contributed by atoms with Gasteiger partial charge in [-0.25, -0.2) is 0 Å². The number of rotatable bonds is 3. The SMILES string of the molecule is Cc1cc([N+](=O)[O-])ccc1C(=O)N1C[C@@H](N)[C@H](c2ccccc2)C1.Cl. The van der Waals surface area contributed by atoms with Gasteiger partial charge in [-0.15, -0.1) is 12.4 Å². The maximum absolute atomic E-state index is 12.8. The van der Waals surface area contributed by atoms with Crippen LogP contribution < -0.4 is 5.73 Å². The van der Waals surface area contributed by atoms with Crippen LogP contribution in [0.4, 0.5) is 5.69 Å². The lowest BCUT2D eigenvalue weighted by Crippen LogP contribution is -2.32. The van der Waals surface area contributed by atoms with Crippen LogP contribution in [0.25, 0.3) is 0 Å². The zero-order chi connectivity index (χ0) is 17.3. The second-order valence-corrected chi connectivity index (χ2v) is 6.15. The fourth-order valence-electron chi connectivity index (χ4n) is 3.22. The largest absolute Gasteiger partial charge is 0.336 e. The molecule has 0 spiro atoms. The lowest BCUT2D eigenvalue weighted by Gasteiger charge is -2.17. The second kappa shape index (κ2) is 7.63. The highest BCUT2D eigenvalue weighted by molar-refractivity contribution is 5.96. The molecule has 2 aromatic rings. The number of aryl methyl sites for hydroxylation is 1. The molecule has 0 bridgehead atoms. The molecule has 2 atom stereocenters. The predicted octanol–water partition coefficient (Wildman–Crippen LogP) is 2.89. The van der Waals surface area contributed by atoms with Crippen molar-refractivity contribution in [2.75, 3.05) is 13.1 Å². The number of nitrogens with zero attached hydrogens (tertiary/aromatic N) is 2. The zero-order valence-corrected chi connectivity index (χ0v) is 14.6. The summed E-state index contributed by atoms with van der Waals surface area (Å²) in [4.78, 5) is 24.9. The number of nitro benzene ring substituents is 1. The summed E-state index contributed by atoms with van der Waals surface area (Å²) in [5, 5.41) is 10.8. The molecule has 7 heteroatoms. The Morgan fingerprint density at radius 2 is 1.88 bits per heavy atom. The van der Waals surface area contributed by atoms with Gasteiger partial charge in [0.05, 0.1) is 4.92 Å². The quantitative estimate of drug-likeness (QED) is 0.672. The zero-order valence-electron chi connectivity index (χ0n) is 13.8. The average molecular weight is 362 g/mol. The third-order valence-electron chi connectivity index (χ3n) is 4.53. The molecule has 0 unspecified atom stereocenters. The lowest BCUT2D eigenvalue weighted by atomic mass is 9.95. The van der Waals surface area contributed by atoms with E-state index < -0.39 is 4.92 Å². The van der Waals surface area contributed by atoms with Crippen molar-refractivity contribution < 1.29 is 9.72 Å². The number of non-ortho nitro benzene ring substituents is 1. The van der Waals surface area contributed by atoms with Gasteiger partial charge in [0.25, 0.3) is 11.6 Å². The van der Waals surface area contributed by atoms with Crippen LogP contribution in [0.15, 0.2) is 48.5 Å². The van der Waals surface area contributed by atoms with Crippen molar-refractivity contribution in [3.8, 4) is 0 Å². The van der Waals surface area contributed by atoms with E-state index in [4.69, 9.17) is 5.73 Å². The summed E-state index contributed by atoms with van der Waals surface area (Å²) >= 11 is 0. The Morgan fingerprint density at radius 1 is 1.20 bits per heavy atom. The molecule has 1 amide bonds. The van der Waals surface area contributed by atoms with Crippen LogP contribution in [0, 0.1) is 17.0 Å². The number of hydrogen-bond acceptors (Lipinski definition) is 4. The molecule has 1 aliphatic rings. The number of carbonyl (C=O) groups excluding carboxylic acids is 1. The Kier molecular flexibility index (Phi) is 5.77. The molecule has 2 aromatic carbocycles. The number of benzene rings is 2. The van der Waals surface area contributed by atoms with Crippen LogP contribution in [0.5, 0.6) is 0 Å². The third-order valence-corrected chi connectivity index (χ3v) is 4.53. The van der Waals surface area contributed by atoms with E-state index in [2.05, 4.69) is 0 Å². The van der Waals surface area contributed by atoms with E-state index in [1.165, 1.54) is 18.2 Å². The maximum Gasteiger partial charge on any atom is 0.269 e.